The molecular weight excluding hydrogens is 282 g/mol. The van der Waals surface area contributed by atoms with Crippen LogP contribution < -0.4 is 0 Å². The molecule has 0 saturated heterocycles. The van der Waals surface area contributed by atoms with Gasteiger partial charge in [-0.05, 0) is 44.4 Å². The molecule has 1 nitrogen and oxygen atoms in total. The van der Waals surface area contributed by atoms with Crippen molar-refractivity contribution >= 4 is 49.0 Å². The van der Waals surface area contributed by atoms with Crippen molar-refractivity contribution in [3.05, 3.63) is 32.6 Å². The van der Waals surface area contributed by atoms with Gasteiger partial charge in [-0.15, -0.1) is 11.3 Å². The normalized spacial score (nSPS) is 10.4. The summed E-state index contributed by atoms with van der Waals surface area (Å²) in [4.78, 5) is 0. The van der Waals surface area contributed by atoms with Gasteiger partial charge in [-0.25, -0.2) is 0 Å². The lowest BCUT2D eigenvalue weighted by Crippen LogP contribution is -1.77. The number of benzene rings is 1. The number of thiophene rings is 1. The Kier molecular flexibility index (Phi) is 2.78. The van der Waals surface area contributed by atoms with Crippen LogP contribution in [-0.2, 0) is 6.42 Å². The monoisotopic (exact) mass is 285 g/mol. The standard InChI is InChI=1S/C10H5BrClNS/c11-9-4-7(12)3-8-6(1-2-13)5-14-10(8)9/h3-5H,1H2. The van der Waals surface area contributed by atoms with E-state index in [2.05, 4.69) is 22.0 Å². The van der Waals surface area contributed by atoms with Crippen LogP contribution in [-0.4, -0.2) is 0 Å². The van der Waals surface area contributed by atoms with Crippen molar-refractivity contribution < 1.29 is 0 Å². The predicted molar refractivity (Wildman–Crippen MR) is 63.9 cm³/mol. The first-order chi connectivity index (χ1) is 6.72. The molecule has 0 saturated carbocycles. The van der Waals surface area contributed by atoms with Gasteiger partial charge in [0.15, 0.2) is 0 Å². The summed E-state index contributed by atoms with van der Waals surface area (Å²) in [6, 6.07) is 5.93. The van der Waals surface area contributed by atoms with E-state index in [1.54, 1.807) is 11.3 Å². The number of rotatable bonds is 1. The van der Waals surface area contributed by atoms with Crippen molar-refractivity contribution in [1.29, 1.82) is 5.26 Å². The Balaban J connectivity index is 2.73. The summed E-state index contributed by atoms with van der Waals surface area (Å²) in [5.41, 5.74) is 1.05. The molecule has 1 aromatic heterocycles. The Morgan fingerprint density at radius 1 is 1.50 bits per heavy atom. The third kappa shape index (κ3) is 1.66. The molecule has 4 heteroatoms. The molecule has 0 aliphatic carbocycles. The maximum atomic E-state index is 8.65. The molecule has 0 N–H and O–H groups in total. The molecule has 0 aliphatic rings. The van der Waals surface area contributed by atoms with Crippen molar-refractivity contribution in [2.45, 2.75) is 6.42 Å². The molecule has 1 heterocycles. The van der Waals surface area contributed by atoms with Crippen LogP contribution in [0.25, 0.3) is 10.1 Å². The molecule has 14 heavy (non-hydrogen) atoms. The second kappa shape index (κ2) is 3.90. The highest BCUT2D eigenvalue weighted by molar-refractivity contribution is 9.10. The van der Waals surface area contributed by atoms with E-state index in [1.807, 2.05) is 17.5 Å². The Bertz CT molecular complexity index is 527. The molecule has 0 aliphatic heterocycles. The quantitative estimate of drug-likeness (QED) is 0.763. The van der Waals surface area contributed by atoms with Gasteiger partial charge in [0.2, 0.25) is 0 Å². The Morgan fingerprint density at radius 2 is 2.29 bits per heavy atom. The number of hydrogen-bond donors (Lipinski definition) is 0. The van der Waals surface area contributed by atoms with Gasteiger partial charge in [0, 0.05) is 14.2 Å². The Labute approximate surface area is 99.0 Å². The molecule has 0 bridgehead atoms. The van der Waals surface area contributed by atoms with Crippen LogP contribution >= 0.6 is 38.9 Å². The first-order valence-electron chi connectivity index (χ1n) is 3.94. The molecule has 0 spiro atoms. The molecule has 0 fully saturated rings. The highest BCUT2D eigenvalue weighted by Gasteiger charge is 2.07. The van der Waals surface area contributed by atoms with Crippen molar-refractivity contribution in [2.75, 3.05) is 0 Å². The van der Waals surface area contributed by atoms with E-state index >= 15 is 0 Å². The number of nitrogens with zero attached hydrogens (tertiary/aromatic N) is 1. The van der Waals surface area contributed by atoms with Crippen molar-refractivity contribution in [3.8, 4) is 6.07 Å². The summed E-state index contributed by atoms with van der Waals surface area (Å²) in [6.45, 7) is 0. The zero-order chi connectivity index (χ0) is 10.1. The van der Waals surface area contributed by atoms with E-state index in [4.69, 9.17) is 16.9 Å². The van der Waals surface area contributed by atoms with Crippen LogP contribution in [0, 0.1) is 11.3 Å². The van der Waals surface area contributed by atoms with Gasteiger partial charge < -0.3 is 0 Å². The van der Waals surface area contributed by atoms with Crippen LogP contribution in [0.4, 0.5) is 0 Å². The minimum Gasteiger partial charge on any atom is -0.198 e. The summed E-state index contributed by atoms with van der Waals surface area (Å²) >= 11 is 11.0. The molecule has 1 aromatic carbocycles. The second-order valence-electron chi connectivity index (χ2n) is 2.86. The lowest BCUT2D eigenvalue weighted by atomic mass is 10.1. The van der Waals surface area contributed by atoms with Gasteiger partial charge in [-0.3, -0.25) is 0 Å². The van der Waals surface area contributed by atoms with Crippen LogP contribution in [0.3, 0.4) is 0 Å². The number of fused-ring (bicyclic) bond motifs is 1. The lowest BCUT2D eigenvalue weighted by molar-refractivity contribution is 1.30. The molecule has 0 amide bonds. The fraction of sp³-hybridized carbons (Fsp3) is 0.100. The summed E-state index contributed by atoms with van der Waals surface area (Å²) < 4.78 is 2.15. The SMILES string of the molecule is N#CCc1csc2c(Br)cc(Cl)cc12. The van der Waals surface area contributed by atoms with E-state index in [0.29, 0.717) is 11.4 Å². The molecular formula is C10H5BrClNS. The molecule has 70 valence electrons. The van der Waals surface area contributed by atoms with E-state index in [9.17, 15) is 0 Å². The fourth-order valence-corrected chi connectivity index (χ4v) is 3.38. The number of hydrogen-bond acceptors (Lipinski definition) is 2. The number of nitriles is 1. The van der Waals surface area contributed by atoms with Gasteiger partial charge in [-0.2, -0.15) is 5.26 Å². The lowest BCUT2D eigenvalue weighted by Gasteiger charge is -1.97. The van der Waals surface area contributed by atoms with Crippen molar-refractivity contribution in [3.63, 3.8) is 0 Å². The summed E-state index contributed by atoms with van der Waals surface area (Å²) in [7, 11) is 0. The van der Waals surface area contributed by atoms with E-state index < -0.39 is 0 Å². The van der Waals surface area contributed by atoms with E-state index in [1.165, 1.54) is 0 Å². The van der Waals surface area contributed by atoms with Gasteiger partial charge in [0.25, 0.3) is 0 Å². The van der Waals surface area contributed by atoms with Crippen LogP contribution in [0.15, 0.2) is 22.0 Å². The first-order valence-corrected chi connectivity index (χ1v) is 5.99. The highest BCUT2D eigenvalue weighted by Crippen LogP contribution is 2.35. The molecule has 0 atom stereocenters. The van der Waals surface area contributed by atoms with Gasteiger partial charge >= 0.3 is 0 Å². The third-order valence-electron chi connectivity index (χ3n) is 1.94. The topological polar surface area (TPSA) is 23.8 Å². The van der Waals surface area contributed by atoms with Crippen molar-refractivity contribution in [2.24, 2.45) is 0 Å². The first kappa shape index (κ1) is 9.97. The largest absolute Gasteiger partial charge is 0.198 e. The predicted octanol–water partition coefficient (Wildman–Crippen LogP) is 4.38. The summed E-state index contributed by atoms with van der Waals surface area (Å²) in [6.07, 6.45) is 0.437. The average molecular weight is 287 g/mol. The molecule has 2 aromatic rings. The van der Waals surface area contributed by atoms with Crippen LogP contribution in [0.2, 0.25) is 5.02 Å². The second-order valence-corrected chi connectivity index (χ2v) is 5.03. The average Bonchev–Trinajstić information content (AvgIpc) is 2.49. The zero-order valence-corrected chi connectivity index (χ0v) is 10.2. The smallest absolute Gasteiger partial charge is 0.0670 e. The Hall–Kier alpha value is -0.560. The van der Waals surface area contributed by atoms with Gasteiger partial charge in [0.05, 0.1) is 12.5 Å². The molecule has 2 rings (SSSR count). The van der Waals surface area contributed by atoms with Crippen LogP contribution in [0.1, 0.15) is 5.56 Å². The van der Waals surface area contributed by atoms with E-state index in [-0.39, 0.29) is 0 Å². The molecule has 0 radical (unpaired) electrons. The fourth-order valence-electron chi connectivity index (χ4n) is 1.33. The maximum Gasteiger partial charge on any atom is 0.0670 e. The summed E-state index contributed by atoms with van der Waals surface area (Å²) in [5, 5.41) is 12.4. The van der Waals surface area contributed by atoms with E-state index in [0.717, 1.165) is 20.1 Å². The van der Waals surface area contributed by atoms with Gasteiger partial charge in [0.1, 0.15) is 0 Å². The van der Waals surface area contributed by atoms with Crippen LogP contribution in [0.5, 0.6) is 0 Å². The minimum atomic E-state index is 0.437. The third-order valence-corrected chi connectivity index (χ3v) is 4.13. The van der Waals surface area contributed by atoms with Crippen molar-refractivity contribution in [1.82, 2.24) is 0 Å². The zero-order valence-electron chi connectivity index (χ0n) is 7.05. The Morgan fingerprint density at radius 3 is 3.00 bits per heavy atom. The number of halogens is 2. The minimum absolute atomic E-state index is 0.437. The van der Waals surface area contributed by atoms with Gasteiger partial charge in [-0.1, -0.05) is 11.6 Å². The highest BCUT2D eigenvalue weighted by atomic mass is 79.9. The maximum absolute atomic E-state index is 8.65. The molecule has 0 unspecified atom stereocenters. The summed E-state index contributed by atoms with van der Waals surface area (Å²) in [5.74, 6) is 0.